The molecule has 0 bridgehead atoms. The second-order valence-corrected chi connectivity index (χ2v) is 6.60. The van der Waals surface area contributed by atoms with E-state index in [-0.39, 0.29) is 11.3 Å². The highest BCUT2D eigenvalue weighted by Crippen LogP contribution is 2.40. The minimum Gasteiger partial charge on any atom is -0.493 e. The minimum atomic E-state index is -1.05. The molecule has 1 aliphatic rings. The third kappa shape index (κ3) is 2.78. The summed E-state index contributed by atoms with van der Waals surface area (Å²) in [5.41, 5.74) is 10.7. The molecule has 0 fully saturated rings. The molecule has 0 atom stereocenters. The number of benzene rings is 3. The van der Waals surface area contributed by atoms with Gasteiger partial charge in [0, 0.05) is 22.7 Å². The molecule has 4 rings (SSSR count). The molecule has 3 aromatic carbocycles. The molecule has 4 nitrogen and oxygen atoms in total. The Morgan fingerprint density at radius 1 is 1.08 bits per heavy atom. The van der Waals surface area contributed by atoms with Gasteiger partial charge in [0.05, 0.1) is 12.2 Å². The molecule has 1 aliphatic heterocycles. The van der Waals surface area contributed by atoms with E-state index in [1.807, 2.05) is 36.4 Å². The molecule has 0 spiro atoms. The van der Waals surface area contributed by atoms with Gasteiger partial charge in [0.25, 0.3) is 0 Å². The second kappa shape index (κ2) is 6.39. The van der Waals surface area contributed by atoms with Gasteiger partial charge in [-0.25, -0.2) is 4.79 Å². The van der Waals surface area contributed by atoms with E-state index in [2.05, 4.69) is 6.07 Å². The summed E-state index contributed by atoms with van der Waals surface area (Å²) in [6.07, 6.45) is 0.869. The first kappa shape index (κ1) is 16.5. The van der Waals surface area contributed by atoms with Gasteiger partial charge < -0.3 is 15.6 Å². The molecule has 130 valence electrons. The molecule has 0 saturated carbocycles. The maximum atomic E-state index is 11.4. The van der Waals surface area contributed by atoms with Crippen molar-refractivity contribution < 1.29 is 14.6 Å². The summed E-state index contributed by atoms with van der Waals surface area (Å²) in [4.78, 5) is 11.4. The number of ether oxygens (including phenoxy) is 1. The number of hydrogen-bond donors (Lipinski definition) is 2. The van der Waals surface area contributed by atoms with Crippen LogP contribution in [0.1, 0.15) is 15.9 Å². The van der Waals surface area contributed by atoms with Crippen molar-refractivity contribution in [2.24, 2.45) is 0 Å². The molecule has 1 heterocycles. The van der Waals surface area contributed by atoms with Crippen LogP contribution in [-0.2, 0) is 6.42 Å². The van der Waals surface area contributed by atoms with Crippen LogP contribution in [0, 0.1) is 0 Å². The quantitative estimate of drug-likeness (QED) is 0.648. The highest BCUT2D eigenvalue weighted by Gasteiger charge is 2.18. The topological polar surface area (TPSA) is 72.5 Å². The van der Waals surface area contributed by atoms with Crippen molar-refractivity contribution in [3.05, 3.63) is 70.7 Å². The number of anilines is 1. The molecule has 26 heavy (non-hydrogen) atoms. The number of fused-ring (bicyclic) bond motifs is 1. The smallest absolute Gasteiger partial charge is 0.337 e. The number of rotatable bonds is 3. The normalized spacial score (nSPS) is 12.5. The Morgan fingerprint density at radius 3 is 2.69 bits per heavy atom. The Hall–Kier alpha value is -2.98. The zero-order valence-electron chi connectivity index (χ0n) is 13.8. The maximum Gasteiger partial charge on any atom is 0.337 e. The van der Waals surface area contributed by atoms with Gasteiger partial charge in [0.2, 0.25) is 0 Å². The molecular weight excluding hydrogens is 350 g/mol. The minimum absolute atomic E-state index is 0.0794. The second-order valence-electron chi connectivity index (χ2n) is 6.19. The van der Waals surface area contributed by atoms with Crippen molar-refractivity contribution in [2.75, 3.05) is 12.3 Å². The first-order valence-corrected chi connectivity index (χ1v) is 8.60. The summed E-state index contributed by atoms with van der Waals surface area (Å²) in [7, 11) is 0. The van der Waals surface area contributed by atoms with Crippen LogP contribution in [0.2, 0.25) is 5.02 Å². The molecular formula is C21H16ClNO3. The number of nitrogens with two attached hydrogens (primary N) is 1. The van der Waals surface area contributed by atoms with Gasteiger partial charge in [-0.2, -0.15) is 0 Å². The zero-order valence-corrected chi connectivity index (χ0v) is 14.6. The van der Waals surface area contributed by atoms with E-state index in [4.69, 9.17) is 22.1 Å². The van der Waals surface area contributed by atoms with Crippen molar-refractivity contribution in [1.82, 2.24) is 0 Å². The molecule has 3 aromatic rings. The van der Waals surface area contributed by atoms with E-state index >= 15 is 0 Å². The number of carboxylic acid groups (broad SMARTS) is 1. The van der Waals surface area contributed by atoms with Crippen LogP contribution in [0.15, 0.2) is 54.6 Å². The predicted molar refractivity (Wildman–Crippen MR) is 103 cm³/mol. The Labute approximate surface area is 155 Å². The Balaban J connectivity index is 1.91. The number of aromatic carboxylic acids is 1. The van der Waals surface area contributed by atoms with Gasteiger partial charge in [0.1, 0.15) is 5.75 Å². The molecule has 0 aromatic heterocycles. The fraction of sp³-hybridized carbons (Fsp3) is 0.0952. The number of nitrogen functional groups attached to an aromatic ring is 1. The average Bonchev–Trinajstić information content (AvgIpc) is 3.09. The van der Waals surface area contributed by atoms with Gasteiger partial charge in [-0.05, 0) is 52.6 Å². The molecule has 0 amide bonds. The highest BCUT2D eigenvalue weighted by molar-refractivity contribution is 6.34. The van der Waals surface area contributed by atoms with Crippen LogP contribution < -0.4 is 10.5 Å². The maximum absolute atomic E-state index is 11.4. The van der Waals surface area contributed by atoms with Crippen molar-refractivity contribution >= 4 is 23.3 Å². The molecule has 0 saturated heterocycles. The SMILES string of the molecule is Nc1ccc(-c2cccc(Cl)c2-c2ccc3c(c2)CCO3)cc1C(=O)O. The largest absolute Gasteiger partial charge is 0.493 e. The highest BCUT2D eigenvalue weighted by atomic mass is 35.5. The van der Waals surface area contributed by atoms with Crippen LogP contribution in [0.3, 0.4) is 0 Å². The summed E-state index contributed by atoms with van der Waals surface area (Å²) in [5.74, 6) is -0.148. The van der Waals surface area contributed by atoms with E-state index in [1.165, 1.54) is 0 Å². The number of carbonyl (C=O) groups is 1. The lowest BCUT2D eigenvalue weighted by atomic mass is 9.92. The van der Waals surface area contributed by atoms with Gasteiger partial charge in [-0.3, -0.25) is 0 Å². The van der Waals surface area contributed by atoms with Gasteiger partial charge >= 0.3 is 5.97 Å². The summed E-state index contributed by atoms with van der Waals surface area (Å²) in [5, 5.41) is 9.97. The predicted octanol–water partition coefficient (Wildman–Crippen LogP) is 4.89. The fourth-order valence-electron chi connectivity index (χ4n) is 3.31. The van der Waals surface area contributed by atoms with Crippen molar-refractivity contribution in [1.29, 1.82) is 0 Å². The Morgan fingerprint density at radius 2 is 1.88 bits per heavy atom. The number of carboxylic acids is 1. The average molecular weight is 366 g/mol. The van der Waals surface area contributed by atoms with E-state index in [9.17, 15) is 9.90 Å². The Bertz CT molecular complexity index is 1030. The van der Waals surface area contributed by atoms with Crippen LogP contribution in [0.5, 0.6) is 5.75 Å². The lowest BCUT2D eigenvalue weighted by molar-refractivity contribution is 0.0698. The number of hydrogen-bond acceptors (Lipinski definition) is 3. The lowest BCUT2D eigenvalue weighted by Gasteiger charge is -2.14. The van der Waals surface area contributed by atoms with E-state index in [0.717, 1.165) is 40.0 Å². The third-order valence-corrected chi connectivity index (χ3v) is 4.90. The summed E-state index contributed by atoms with van der Waals surface area (Å²) >= 11 is 6.53. The molecule has 0 aliphatic carbocycles. The van der Waals surface area contributed by atoms with Gasteiger partial charge in [-0.1, -0.05) is 35.9 Å². The first-order chi connectivity index (χ1) is 12.5. The van der Waals surface area contributed by atoms with Crippen LogP contribution in [0.4, 0.5) is 5.69 Å². The zero-order chi connectivity index (χ0) is 18.3. The van der Waals surface area contributed by atoms with E-state index in [1.54, 1.807) is 12.1 Å². The first-order valence-electron chi connectivity index (χ1n) is 8.22. The summed E-state index contributed by atoms with van der Waals surface area (Å²) in [6.45, 7) is 0.689. The van der Waals surface area contributed by atoms with E-state index in [0.29, 0.717) is 11.6 Å². The van der Waals surface area contributed by atoms with E-state index < -0.39 is 5.97 Å². The molecule has 3 N–H and O–H groups in total. The van der Waals surface area contributed by atoms with Crippen LogP contribution in [-0.4, -0.2) is 17.7 Å². The monoisotopic (exact) mass is 365 g/mol. The van der Waals surface area contributed by atoms with Crippen LogP contribution in [0.25, 0.3) is 22.3 Å². The van der Waals surface area contributed by atoms with Gasteiger partial charge in [0.15, 0.2) is 0 Å². The molecule has 0 radical (unpaired) electrons. The van der Waals surface area contributed by atoms with Gasteiger partial charge in [-0.15, -0.1) is 0 Å². The molecule has 0 unspecified atom stereocenters. The Kier molecular flexibility index (Phi) is 4.05. The fourth-order valence-corrected chi connectivity index (χ4v) is 3.59. The summed E-state index contributed by atoms with van der Waals surface area (Å²) in [6, 6.07) is 16.6. The molecule has 5 heteroatoms. The lowest BCUT2D eigenvalue weighted by Crippen LogP contribution is -2.02. The van der Waals surface area contributed by atoms with Crippen LogP contribution >= 0.6 is 11.6 Å². The van der Waals surface area contributed by atoms with Crippen molar-refractivity contribution in [3.63, 3.8) is 0 Å². The third-order valence-electron chi connectivity index (χ3n) is 4.59. The standard InChI is InChI=1S/C21H16ClNO3/c22-17-3-1-2-15(12-4-6-18(23)16(11-12)21(24)25)20(17)14-5-7-19-13(10-14)8-9-26-19/h1-7,10-11H,8-9,23H2,(H,24,25). The summed E-state index contributed by atoms with van der Waals surface area (Å²) < 4.78 is 5.58. The van der Waals surface area contributed by atoms with Crippen molar-refractivity contribution in [3.8, 4) is 28.0 Å². The number of halogens is 1. The van der Waals surface area contributed by atoms with Crippen molar-refractivity contribution in [2.45, 2.75) is 6.42 Å².